The number of piperidine rings is 1. The van der Waals surface area contributed by atoms with Crippen molar-refractivity contribution in [2.75, 3.05) is 26.7 Å². The third-order valence-corrected chi connectivity index (χ3v) is 2.67. The number of nitrogens with one attached hydrogen (secondary N) is 1. The number of nitrogens with zero attached hydrogens (tertiary/aromatic N) is 1. The molecule has 0 aliphatic carbocycles. The lowest BCUT2D eigenvalue weighted by Crippen LogP contribution is -2.53. The first-order chi connectivity index (χ1) is 5.75. The minimum absolute atomic E-state index is 0.123. The molecule has 0 aromatic carbocycles. The van der Waals surface area contributed by atoms with Crippen molar-refractivity contribution in [3.8, 4) is 0 Å². The van der Waals surface area contributed by atoms with Gasteiger partial charge in [0.25, 0.3) is 0 Å². The van der Waals surface area contributed by atoms with Crippen LogP contribution in [0.4, 0.5) is 4.79 Å². The zero-order valence-electron chi connectivity index (χ0n) is 7.25. The van der Waals surface area contributed by atoms with Crippen LogP contribution in [-0.4, -0.2) is 43.8 Å². The van der Waals surface area contributed by atoms with Crippen LogP contribution < -0.4 is 5.32 Å². The number of alkyl carbamates (subject to hydrolysis) is 1. The van der Waals surface area contributed by atoms with E-state index in [1.54, 1.807) is 0 Å². The Hall–Kier alpha value is -0.770. The number of likely N-dealkylation sites (tertiary alicyclic amines) is 1. The fourth-order valence-corrected chi connectivity index (χ4v) is 1.88. The number of carbonyl (C=O) groups excluding carboxylic acids is 1. The molecule has 2 rings (SSSR count). The van der Waals surface area contributed by atoms with Crippen LogP contribution in [-0.2, 0) is 4.74 Å². The van der Waals surface area contributed by atoms with E-state index < -0.39 is 0 Å². The van der Waals surface area contributed by atoms with E-state index in [1.165, 1.54) is 0 Å². The molecule has 2 heterocycles. The number of amides is 1. The van der Waals surface area contributed by atoms with Crippen LogP contribution in [0.3, 0.4) is 0 Å². The third kappa shape index (κ3) is 1.39. The largest absolute Gasteiger partial charge is 0.445 e. The number of hydrogen-bond acceptors (Lipinski definition) is 3. The van der Waals surface area contributed by atoms with Crippen LogP contribution in [0.15, 0.2) is 0 Å². The summed E-state index contributed by atoms with van der Waals surface area (Å²) in [4.78, 5) is 13.1. The average Bonchev–Trinajstić information content (AvgIpc) is 2.03. The van der Waals surface area contributed by atoms with E-state index in [-0.39, 0.29) is 12.2 Å². The lowest BCUT2D eigenvalue weighted by Gasteiger charge is -2.38. The van der Waals surface area contributed by atoms with Crippen molar-refractivity contribution in [2.24, 2.45) is 5.92 Å². The van der Waals surface area contributed by atoms with Gasteiger partial charge in [0, 0.05) is 19.0 Å². The van der Waals surface area contributed by atoms with Gasteiger partial charge in [0.05, 0.1) is 0 Å². The normalized spacial score (nSPS) is 36.6. The highest BCUT2D eigenvalue weighted by atomic mass is 16.6. The van der Waals surface area contributed by atoms with E-state index in [9.17, 15) is 4.79 Å². The van der Waals surface area contributed by atoms with Crippen molar-refractivity contribution in [3.05, 3.63) is 0 Å². The Kier molecular flexibility index (Phi) is 1.92. The molecule has 0 saturated carbocycles. The summed E-state index contributed by atoms with van der Waals surface area (Å²) < 4.78 is 5.17. The monoisotopic (exact) mass is 170 g/mol. The van der Waals surface area contributed by atoms with Gasteiger partial charge in [-0.1, -0.05) is 0 Å². The van der Waals surface area contributed by atoms with Crippen LogP contribution >= 0.6 is 0 Å². The average molecular weight is 170 g/mol. The summed E-state index contributed by atoms with van der Waals surface area (Å²) in [7, 11) is 2.06. The predicted octanol–water partition coefficient (Wildman–Crippen LogP) is 0.0465. The minimum atomic E-state index is -0.258. The molecule has 4 nitrogen and oxygen atoms in total. The number of carbonyl (C=O) groups is 1. The van der Waals surface area contributed by atoms with Gasteiger partial charge in [0.2, 0.25) is 0 Å². The molecule has 0 radical (unpaired) electrons. The fraction of sp³-hybridized carbons (Fsp3) is 0.875. The van der Waals surface area contributed by atoms with E-state index in [0.29, 0.717) is 5.92 Å². The number of rotatable bonds is 0. The van der Waals surface area contributed by atoms with Crippen LogP contribution in [0.2, 0.25) is 0 Å². The molecule has 0 aromatic rings. The molecular formula is C8H14N2O2. The van der Waals surface area contributed by atoms with E-state index in [4.69, 9.17) is 4.74 Å². The zero-order chi connectivity index (χ0) is 8.55. The van der Waals surface area contributed by atoms with Gasteiger partial charge in [-0.05, 0) is 20.0 Å². The van der Waals surface area contributed by atoms with E-state index in [2.05, 4.69) is 17.3 Å². The molecule has 12 heavy (non-hydrogen) atoms. The standard InChI is InChI=1S/C8H14N2O2/c1-10-3-2-6-4-9-8(11)12-7(6)5-10/h6-7H,2-5H2,1H3,(H,9,11)/t6-,7+/m0/s1. The number of fused-ring (bicyclic) bond motifs is 1. The summed E-state index contributed by atoms with van der Waals surface area (Å²) in [6, 6.07) is 0. The molecule has 2 saturated heterocycles. The molecule has 0 bridgehead atoms. The second kappa shape index (κ2) is 2.94. The van der Waals surface area contributed by atoms with E-state index in [1.807, 2.05) is 0 Å². The van der Waals surface area contributed by atoms with Crippen molar-refractivity contribution in [2.45, 2.75) is 12.5 Å². The molecule has 4 heteroatoms. The van der Waals surface area contributed by atoms with Gasteiger partial charge in [0.15, 0.2) is 0 Å². The Balaban J connectivity index is 1.99. The molecule has 68 valence electrons. The van der Waals surface area contributed by atoms with Crippen molar-refractivity contribution < 1.29 is 9.53 Å². The zero-order valence-corrected chi connectivity index (χ0v) is 7.25. The SMILES string of the molecule is CN1CC[C@H]2CNC(=O)O[C@@H]2C1. The summed E-state index contributed by atoms with van der Waals surface area (Å²) in [6.07, 6.45) is 0.991. The molecular weight excluding hydrogens is 156 g/mol. The van der Waals surface area contributed by atoms with Gasteiger partial charge in [-0.2, -0.15) is 0 Å². The van der Waals surface area contributed by atoms with Crippen LogP contribution in [0, 0.1) is 5.92 Å². The number of hydrogen-bond donors (Lipinski definition) is 1. The van der Waals surface area contributed by atoms with Gasteiger partial charge in [0.1, 0.15) is 6.10 Å². The van der Waals surface area contributed by atoms with Gasteiger partial charge >= 0.3 is 6.09 Å². The molecule has 2 aliphatic heterocycles. The summed E-state index contributed by atoms with van der Waals surface area (Å²) >= 11 is 0. The van der Waals surface area contributed by atoms with E-state index in [0.717, 1.165) is 26.1 Å². The number of likely N-dealkylation sites (N-methyl/N-ethyl adjacent to an activating group) is 1. The molecule has 0 unspecified atom stereocenters. The highest BCUT2D eigenvalue weighted by molar-refractivity contribution is 5.68. The lowest BCUT2D eigenvalue weighted by atomic mass is 9.93. The quantitative estimate of drug-likeness (QED) is 0.558. The highest BCUT2D eigenvalue weighted by Gasteiger charge is 2.34. The van der Waals surface area contributed by atoms with Crippen LogP contribution in [0.5, 0.6) is 0 Å². The Morgan fingerprint density at radius 1 is 1.67 bits per heavy atom. The molecule has 0 spiro atoms. The maximum absolute atomic E-state index is 10.9. The lowest BCUT2D eigenvalue weighted by molar-refractivity contribution is -0.00808. The molecule has 0 aromatic heterocycles. The van der Waals surface area contributed by atoms with Crippen molar-refractivity contribution in [1.29, 1.82) is 0 Å². The van der Waals surface area contributed by atoms with Gasteiger partial charge < -0.3 is 15.0 Å². The second-order valence-electron chi connectivity index (χ2n) is 3.64. The summed E-state index contributed by atoms with van der Waals surface area (Å²) in [6.45, 7) is 2.79. The van der Waals surface area contributed by atoms with E-state index >= 15 is 0 Å². The Morgan fingerprint density at radius 3 is 3.33 bits per heavy atom. The Morgan fingerprint density at radius 2 is 2.50 bits per heavy atom. The molecule has 1 N–H and O–H groups in total. The topological polar surface area (TPSA) is 41.6 Å². The van der Waals surface area contributed by atoms with Gasteiger partial charge in [-0.15, -0.1) is 0 Å². The van der Waals surface area contributed by atoms with Gasteiger partial charge in [-0.25, -0.2) is 4.79 Å². The smallest absolute Gasteiger partial charge is 0.407 e. The highest BCUT2D eigenvalue weighted by Crippen LogP contribution is 2.21. The Bertz CT molecular complexity index is 195. The fourth-order valence-electron chi connectivity index (χ4n) is 1.88. The van der Waals surface area contributed by atoms with Crippen molar-refractivity contribution in [3.63, 3.8) is 0 Å². The second-order valence-corrected chi connectivity index (χ2v) is 3.64. The predicted molar refractivity (Wildman–Crippen MR) is 43.9 cm³/mol. The third-order valence-electron chi connectivity index (χ3n) is 2.67. The molecule has 2 fully saturated rings. The molecule has 2 aliphatic rings. The van der Waals surface area contributed by atoms with Crippen molar-refractivity contribution >= 4 is 6.09 Å². The maximum Gasteiger partial charge on any atom is 0.407 e. The van der Waals surface area contributed by atoms with Crippen molar-refractivity contribution in [1.82, 2.24) is 10.2 Å². The first-order valence-electron chi connectivity index (χ1n) is 4.39. The first-order valence-corrected chi connectivity index (χ1v) is 4.39. The van der Waals surface area contributed by atoms with Crippen LogP contribution in [0.1, 0.15) is 6.42 Å². The van der Waals surface area contributed by atoms with Gasteiger partial charge in [-0.3, -0.25) is 0 Å². The molecule has 2 atom stereocenters. The maximum atomic E-state index is 10.9. The summed E-state index contributed by atoms with van der Waals surface area (Å²) in [5, 5.41) is 2.72. The molecule has 1 amide bonds. The number of ether oxygens (including phenoxy) is 1. The summed E-state index contributed by atoms with van der Waals surface area (Å²) in [5.41, 5.74) is 0. The minimum Gasteiger partial charge on any atom is -0.445 e. The first kappa shape index (κ1) is 7.86. The van der Waals surface area contributed by atoms with Crippen LogP contribution in [0.25, 0.3) is 0 Å². The Labute approximate surface area is 71.9 Å². The summed E-state index contributed by atoms with van der Waals surface area (Å²) in [5.74, 6) is 0.527.